The maximum Gasteiger partial charge on any atom is 0.263 e. The Morgan fingerprint density at radius 3 is 2.50 bits per heavy atom. The number of hydrogen-bond donors (Lipinski definition) is 1. The van der Waals surface area contributed by atoms with Crippen molar-refractivity contribution < 1.29 is 9.53 Å². The molecule has 2 N–H and O–H groups in total. The third-order valence-electron chi connectivity index (χ3n) is 6.69. The zero-order chi connectivity index (χ0) is 23.3. The van der Waals surface area contributed by atoms with Crippen LogP contribution in [0.25, 0.3) is 6.08 Å². The van der Waals surface area contributed by atoms with E-state index in [9.17, 15) is 4.79 Å². The number of carbonyl (C=O) groups excluding carboxylic acids is 1. The summed E-state index contributed by atoms with van der Waals surface area (Å²) in [5.41, 5.74) is 11.1. The van der Waals surface area contributed by atoms with Gasteiger partial charge in [-0.2, -0.15) is 0 Å². The molecule has 0 aliphatic carbocycles. The van der Waals surface area contributed by atoms with Crippen molar-refractivity contribution in [2.24, 2.45) is 0 Å². The topological polar surface area (TPSA) is 58.8 Å². The van der Waals surface area contributed by atoms with Crippen LogP contribution in [0, 0.1) is 20.8 Å². The molecular weight excluding hydrogens is 398 g/mol. The van der Waals surface area contributed by atoms with Gasteiger partial charge in [-0.05, 0) is 68.9 Å². The molecule has 1 saturated heterocycles. The second kappa shape index (κ2) is 10.7. The highest BCUT2D eigenvalue weighted by Crippen LogP contribution is 2.30. The molecule has 1 aliphatic heterocycles. The predicted molar refractivity (Wildman–Crippen MR) is 133 cm³/mol. The summed E-state index contributed by atoms with van der Waals surface area (Å²) in [6, 6.07) is 12.5. The largest absolute Gasteiger partial charge is 0.481 e. The molecule has 0 radical (unpaired) electrons. The Morgan fingerprint density at radius 2 is 1.84 bits per heavy atom. The van der Waals surface area contributed by atoms with E-state index >= 15 is 0 Å². The van der Waals surface area contributed by atoms with E-state index in [1.807, 2.05) is 51.8 Å². The van der Waals surface area contributed by atoms with Crippen molar-refractivity contribution in [1.29, 1.82) is 0 Å². The molecule has 1 aliphatic rings. The van der Waals surface area contributed by atoms with E-state index in [1.165, 1.54) is 5.56 Å². The molecule has 1 unspecified atom stereocenters. The van der Waals surface area contributed by atoms with E-state index in [2.05, 4.69) is 41.3 Å². The average Bonchev–Trinajstić information content (AvgIpc) is 2.81. The summed E-state index contributed by atoms with van der Waals surface area (Å²) in [5.74, 6) is 0.766. The minimum atomic E-state index is -0.534. The van der Waals surface area contributed by atoms with Gasteiger partial charge in [0.05, 0.1) is 0 Å². The smallest absolute Gasteiger partial charge is 0.263 e. The van der Waals surface area contributed by atoms with E-state index in [1.54, 1.807) is 0 Å². The van der Waals surface area contributed by atoms with Gasteiger partial charge < -0.3 is 15.4 Å². The van der Waals surface area contributed by atoms with Crippen LogP contribution in [0.3, 0.4) is 0 Å². The lowest BCUT2D eigenvalue weighted by atomic mass is 10.0. The van der Waals surface area contributed by atoms with Crippen LogP contribution in [0.15, 0.2) is 42.5 Å². The Kier molecular flexibility index (Phi) is 7.97. The molecule has 32 heavy (non-hydrogen) atoms. The summed E-state index contributed by atoms with van der Waals surface area (Å²) in [6.07, 6.45) is 5.82. The van der Waals surface area contributed by atoms with Gasteiger partial charge >= 0.3 is 0 Å². The SMILES string of the molecule is Cc1cc(OC(C)C(=O)N(C)C2CCN(CC=Cc3ccccc3)CC2)c(C)c(C)c1N. The molecule has 5 nitrogen and oxygen atoms in total. The second-order valence-corrected chi connectivity index (χ2v) is 8.91. The summed E-state index contributed by atoms with van der Waals surface area (Å²) in [7, 11) is 1.91. The molecule has 0 bridgehead atoms. The first kappa shape index (κ1) is 23.9. The highest BCUT2D eigenvalue weighted by atomic mass is 16.5. The van der Waals surface area contributed by atoms with Crippen molar-refractivity contribution in [3.05, 3.63) is 64.7 Å². The van der Waals surface area contributed by atoms with E-state index in [0.717, 1.165) is 60.6 Å². The number of anilines is 1. The van der Waals surface area contributed by atoms with E-state index in [0.29, 0.717) is 0 Å². The molecule has 5 heteroatoms. The number of piperidine rings is 1. The van der Waals surface area contributed by atoms with Crippen LogP contribution in [0.1, 0.15) is 42.0 Å². The summed E-state index contributed by atoms with van der Waals surface area (Å²) in [6.45, 7) is 10.7. The van der Waals surface area contributed by atoms with Crippen LogP contribution in [-0.2, 0) is 4.79 Å². The number of ether oxygens (including phenoxy) is 1. The quantitative estimate of drug-likeness (QED) is 0.646. The summed E-state index contributed by atoms with van der Waals surface area (Å²) >= 11 is 0. The van der Waals surface area contributed by atoms with Gasteiger partial charge in [0, 0.05) is 38.4 Å². The number of rotatable bonds is 7. The fourth-order valence-corrected chi connectivity index (χ4v) is 4.29. The van der Waals surface area contributed by atoms with E-state index < -0.39 is 6.10 Å². The highest BCUT2D eigenvalue weighted by molar-refractivity contribution is 5.81. The molecule has 2 aromatic rings. The Morgan fingerprint density at radius 1 is 1.19 bits per heavy atom. The molecule has 2 aromatic carbocycles. The van der Waals surface area contributed by atoms with Gasteiger partial charge in [0.1, 0.15) is 5.75 Å². The Labute approximate surface area is 192 Å². The van der Waals surface area contributed by atoms with Gasteiger partial charge in [-0.15, -0.1) is 0 Å². The number of nitrogens with zero attached hydrogens (tertiary/aromatic N) is 2. The standard InChI is InChI=1S/C27H37N3O2/c1-19-18-25(20(2)21(3)26(19)28)32-22(4)27(31)29(5)24-13-16-30(17-14-24)15-9-12-23-10-7-6-8-11-23/h6-12,18,22,24H,13-17,28H2,1-5H3. The Bertz CT molecular complexity index is 947. The Hall–Kier alpha value is -2.79. The van der Waals surface area contributed by atoms with Crippen molar-refractivity contribution in [3.8, 4) is 5.75 Å². The first-order chi connectivity index (χ1) is 15.3. The van der Waals surface area contributed by atoms with Crippen molar-refractivity contribution >= 4 is 17.7 Å². The molecule has 1 fully saturated rings. The van der Waals surface area contributed by atoms with Crippen LogP contribution in [0.2, 0.25) is 0 Å². The van der Waals surface area contributed by atoms with Gasteiger partial charge in [-0.1, -0.05) is 42.5 Å². The molecule has 1 atom stereocenters. The normalized spacial score (nSPS) is 16.3. The lowest BCUT2D eigenvalue weighted by Crippen LogP contribution is -2.49. The van der Waals surface area contributed by atoms with Crippen molar-refractivity contribution in [3.63, 3.8) is 0 Å². The maximum atomic E-state index is 13.1. The molecule has 1 amide bonds. The summed E-state index contributed by atoms with van der Waals surface area (Å²) in [4.78, 5) is 17.4. The van der Waals surface area contributed by atoms with Gasteiger partial charge in [0.25, 0.3) is 5.91 Å². The van der Waals surface area contributed by atoms with Crippen LogP contribution < -0.4 is 10.5 Å². The fraction of sp³-hybridized carbons (Fsp3) is 0.444. The highest BCUT2D eigenvalue weighted by Gasteiger charge is 2.28. The van der Waals surface area contributed by atoms with Gasteiger partial charge in [-0.25, -0.2) is 0 Å². The van der Waals surface area contributed by atoms with Crippen molar-refractivity contribution in [1.82, 2.24) is 9.80 Å². The first-order valence-corrected chi connectivity index (χ1v) is 11.5. The number of likely N-dealkylation sites (N-methyl/N-ethyl adjacent to an activating group) is 1. The first-order valence-electron chi connectivity index (χ1n) is 11.5. The molecule has 0 saturated carbocycles. The van der Waals surface area contributed by atoms with Crippen LogP contribution in [-0.4, -0.2) is 54.5 Å². The zero-order valence-corrected chi connectivity index (χ0v) is 20.1. The zero-order valence-electron chi connectivity index (χ0n) is 20.1. The van der Waals surface area contributed by atoms with Crippen LogP contribution in [0.5, 0.6) is 5.75 Å². The van der Waals surface area contributed by atoms with Gasteiger partial charge in [0.2, 0.25) is 0 Å². The molecule has 0 spiro atoms. The predicted octanol–water partition coefficient (Wildman–Crippen LogP) is 4.60. The summed E-state index contributed by atoms with van der Waals surface area (Å²) < 4.78 is 6.09. The third kappa shape index (κ3) is 5.71. The average molecular weight is 436 g/mol. The molecular formula is C27H37N3O2. The monoisotopic (exact) mass is 435 g/mol. The van der Waals surface area contributed by atoms with Crippen molar-refractivity contribution in [2.75, 3.05) is 32.4 Å². The maximum absolute atomic E-state index is 13.1. The van der Waals surface area contributed by atoms with E-state index in [-0.39, 0.29) is 11.9 Å². The van der Waals surface area contributed by atoms with Crippen molar-refractivity contribution in [2.45, 2.75) is 52.7 Å². The molecule has 3 rings (SSSR count). The van der Waals surface area contributed by atoms with Gasteiger partial charge in [0.15, 0.2) is 6.10 Å². The number of nitrogens with two attached hydrogens (primary N) is 1. The lowest BCUT2D eigenvalue weighted by molar-refractivity contribution is -0.139. The van der Waals surface area contributed by atoms with Crippen LogP contribution in [0.4, 0.5) is 5.69 Å². The minimum absolute atomic E-state index is 0.0268. The number of amides is 1. The molecule has 1 heterocycles. The Balaban J connectivity index is 1.50. The number of hydrogen-bond acceptors (Lipinski definition) is 4. The number of carbonyl (C=O) groups is 1. The lowest BCUT2D eigenvalue weighted by Gasteiger charge is -2.37. The summed E-state index contributed by atoms with van der Waals surface area (Å²) in [5, 5.41) is 0. The minimum Gasteiger partial charge on any atom is -0.481 e. The fourth-order valence-electron chi connectivity index (χ4n) is 4.29. The van der Waals surface area contributed by atoms with Gasteiger partial charge in [-0.3, -0.25) is 9.69 Å². The van der Waals surface area contributed by atoms with E-state index in [4.69, 9.17) is 10.5 Å². The second-order valence-electron chi connectivity index (χ2n) is 8.91. The number of benzene rings is 2. The number of likely N-dealkylation sites (tertiary alicyclic amines) is 1. The molecule has 0 aromatic heterocycles. The number of aryl methyl sites for hydroxylation is 1. The molecule has 172 valence electrons. The third-order valence-corrected chi connectivity index (χ3v) is 6.69. The van der Waals surface area contributed by atoms with Crippen LogP contribution >= 0.6 is 0 Å². The number of nitrogen functional groups attached to an aromatic ring is 1.